The molecule has 0 unspecified atom stereocenters. The number of nitrogens with zero attached hydrogens (tertiary/aromatic N) is 1. The average molecular weight is 282 g/mol. The summed E-state index contributed by atoms with van der Waals surface area (Å²) in [5.74, 6) is 0. The largest absolute Gasteiger partial charge is 0.383 e. The van der Waals surface area contributed by atoms with Gasteiger partial charge in [0.25, 0.3) is 0 Å². The maximum absolute atomic E-state index is 4.94. The summed E-state index contributed by atoms with van der Waals surface area (Å²) in [4.78, 5) is 4.94. The minimum atomic E-state index is 1.08. The molecule has 0 saturated carbocycles. The summed E-state index contributed by atoms with van der Waals surface area (Å²) in [6, 6.07) is 8.92. The van der Waals surface area contributed by atoms with Crippen LogP contribution in [0.25, 0.3) is 10.9 Å². The minimum Gasteiger partial charge on any atom is -0.383 e. The first-order valence-electron chi connectivity index (χ1n) is 8.54. The SMILES string of the molecule is CCCCCCCc1ccc2ccc3c(c2n1)NCCC3. The van der Waals surface area contributed by atoms with E-state index in [9.17, 15) is 0 Å². The number of aromatic nitrogens is 1. The summed E-state index contributed by atoms with van der Waals surface area (Å²) in [7, 11) is 0. The van der Waals surface area contributed by atoms with E-state index in [1.54, 1.807) is 0 Å². The number of benzene rings is 1. The van der Waals surface area contributed by atoms with Crippen LogP contribution < -0.4 is 5.32 Å². The number of pyridine rings is 1. The Morgan fingerprint density at radius 3 is 2.81 bits per heavy atom. The standard InChI is InChI=1S/C19H26N2/c1-2-3-4-5-6-9-17-13-12-16-11-10-15-8-7-14-20-18(15)19(16)21-17/h10-13,20H,2-9,14H2,1H3. The van der Waals surface area contributed by atoms with Gasteiger partial charge in [-0.25, -0.2) is 0 Å². The Balaban J connectivity index is 1.75. The van der Waals surface area contributed by atoms with Crippen LogP contribution in [0.5, 0.6) is 0 Å². The van der Waals surface area contributed by atoms with E-state index in [1.807, 2.05) is 0 Å². The molecule has 2 aromatic rings. The lowest BCUT2D eigenvalue weighted by Gasteiger charge is -2.19. The van der Waals surface area contributed by atoms with Gasteiger partial charge in [-0.1, -0.05) is 50.8 Å². The second kappa shape index (κ2) is 6.93. The first-order valence-corrected chi connectivity index (χ1v) is 8.54. The van der Waals surface area contributed by atoms with E-state index in [0.717, 1.165) is 13.0 Å². The highest BCUT2D eigenvalue weighted by atomic mass is 14.9. The van der Waals surface area contributed by atoms with E-state index in [4.69, 9.17) is 4.98 Å². The van der Waals surface area contributed by atoms with E-state index in [2.05, 4.69) is 36.5 Å². The lowest BCUT2D eigenvalue weighted by Crippen LogP contribution is -2.12. The molecule has 1 aromatic carbocycles. The van der Waals surface area contributed by atoms with Crippen LogP contribution in [-0.2, 0) is 12.8 Å². The molecular formula is C19H26N2. The van der Waals surface area contributed by atoms with Gasteiger partial charge < -0.3 is 5.32 Å². The summed E-state index contributed by atoms with van der Waals surface area (Å²) in [6.45, 7) is 3.34. The van der Waals surface area contributed by atoms with Gasteiger partial charge in [0.05, 0.1) is 11.2 Å². The molecule has 0 atom stereocenters. The monoisotopic (exact) mass is 282 g/mol. The van der Waals surface area contributed by atoms with Crippen LogP contribution in [0.2, 0.25) is 0 Å². The number of fused-ring (bicyclic) bond motifs is 3. The molecule has 112 valence electrons. The zero-order valence-corrected chi connectivity index (χ0v) is 13.1. The van der Waals surface area contributed by atoms with Crippen molar-refractivity contribution in [1.29, 1.82) is 0 Å². The Morgan fingerprint density at radius 1 is 1.05 bits per heavy atom. The molecular weight excluding hydrogens is 256 g/mol. The molecule has 3 rings (SSSR count). The van der Waals surface area contributed by atoms with Crippen molar-refractivity contribution in [2.75, 3.05) is 11.9 Å². The van der Waals surface area contributed by atoms with Crippen LogP contribution in [-0.4, -0.2) is 11.5 Å². The number of hydrogen-bond donors (Lipinski definition) is 1. The van der Waals surface area contributed by atoms with Gasteiger partial charge >= 0.3 is 0 Å². The summed E-state index contributed by atoms with van der Waals surface area (Å²) >= 11 is 0. The van der Waals surface area contributed by atoms with Gasteiger partial charge in [-0.15, -0.1) is 0 Å². The van der Waals surface area contributed by atoms with Crippen LogP contribution in [0.3, 0.4) is 0 Å². The van der Waals surface area contributed by atoms with Crippen LogP contribution in [0.1, 0.15) is 56.7 Å². The third-order valence-corrected chi connectivity index (χ3v) is 4.47. The lowest BCUT2D eigenvalue weighted by atomic mass is 10.00. The number of aryl methyl sites for hydroxylation is 2. The van der Waals surface area contributed by atoms with Crippen molar-refractivity contribution >= 4 is 16.6 Å². The average Bonchev–Trinajstić information content (AvgIpc) is 2.54. The van der Waals surface area contributed by atoms with Crippen molar-refractivity contribution in [3.05, 3.63) is 35.5 Å². The second-order valence-electron chi connectivity index (χ2n) is 6.17. The zero-order chi connectivity index (χ0) is 14.5. The van der Waals surface area contributed by atoms with Gasteiger partial charge in [0, 0.05) is 17.6 Å². The molecule has 0 spiro atoms. The highest BCUT2D eigenvalue weighted by Gasteiger charge is 2.13. The quantitative estimate of drug-likeness (QED) is 0.745. The predicted molar refractivity (Wildman–Crippen MR) is 91.0 cm³/mol. The lowest BCUT2D eigenvalue weighted by molar-refractivity contribution is 0.629. The molecule has 21 heavy (non-hydrogen) atoms. The normalized spacial score (nSPS) is 14.0. The molecule has 1 aromatic heterocycles. The first-order chi connectivity index (χ1) is 10.4. The van der Waals surface area contributed by atoms with Crippen molar-refractivity contribution in [3.8, 4) is 0 Å². The van der Waals surface area contributed by atoms with Crippen LogP contribution >= 0.6 is 0 Å². The zero-order valence-electron chi connectivity index (χ0n) is 13.1. The van der Waals surface area contributed by atoms with Gasteiger partial charge in [-0.3, -0.25) is 4.98 Å². The maximum atomic E-state index is 4.94. The fourth-order valence-corrected chi connectivity index (χ4v) is 3.22. The molecule has 0 saturated heterocycles. The number of nitrogens with one attached hydrogen (secondary N) is 1. The van der Waals surface area contributed by atoms with E-state index < -0.39 is 0 Å². The Labute approximate surface area is 128 Å². The smallest absolute Gasteiger partial charge is 0.0939 e. The highest BCUT2D eigenvalue weighted by Crippen LogP contribution is 2.30. The third-order valence-electron chi connectivity index (χ3n) is 4.47. The molecule has 1 N–H and O–H groups in total. The molecule has 1 aliphatic rings. The molecule has 0 radical (unpaired) electrons. The van der Waals surface area contributed by atoms with E-state index in [0.29, 0.717) is 0 Å². The number of hydrogen-bond acceptors (Lipinski definition) is 2. The topological polar surface area (TPSA) is 24.9 Å². The highest BCUT2D eigenvalue weighted by molar-refractivity contribution is 5.92. The molecule has 0 aliphatic carbocycles. The van der Waals surface area contributed by atoms with Crippen LogP contribution in [0.4, 0.5) is 5.69 Å². The molecule has 1 aliphatic heterocycles. The molecule has 0 amide bonds. The van der Waals surface area contributed by atoms with Crippen molar-refractivity contribution in [1.82, 2.24) is 4.98 Å². The summed E-state index contributed by atoms with van der Waals surface area (Å²) in [6.07, 6.45) is 10.2. The van der Waals surface area contributed by atoms with E-state index in [1.165, 1.54) is 72.8 Å². The number of anilines is 1. The molecule has 2 heteroatoms. The van der Waals surface area contributed by atoms with Crippen molar-refractivity contribution in [3.63, 3.8) is 0 Å². The second-order valence-corrected chi connectivity index (χ2v) is 6.17. The summed E-state index contributed by atoms with van der Waals surface area (Å²) in [5, 5.41) is 4.82. The molecule has 0 fully saturated rings. The Bertz CT molecular complexity index is 604. The molecule has 2 heterocycles. The number of unbranched alkanes of at least 4 members (excludes halogenated alkanes) is 4. The fourth-order valence-electron chi connectivity index (χ4n) is 3.22. The first kappa shape index (κ1) is 14.4. The minimum absolute atomic E-state index is 1.08. The summed E-state index contributed by atoms with van der Waals surface area (Å²) < 4.78 is 0. The van der Waals surface area contributed by atoms with Gasteiger partial charge in [0.2, 0.25) is 0 Å². The molecule has 2 nitrogen and oxygen atoms in total. The summed E-state index contributed by atoms with van der Waals surface area (Å²) in [5.41, 5.74) is 5.14. The Morgan fingerprint density at radius 2 is 1.90 bits per heavy atom. The molecule has 0 bridgehead atoms. The van der Waals surface area contributed by atoms with Crippen LogP contribution in [0, 0.1) is 0 Å². The van der Waals surface area contributed by atoms with E-state index in [-0.39, 0.29) is 0 Å². The van der Waals surface area contributed by atoms with Gasteiger partial charge in [0.1, 0.15) is 0 Å². The number of rotatable bonds is 6. The van der Waals surface area contributed by atoms with Crippen LogP contribution in [0.15, 0.2) is 24.3 Å². The van der Waals surface area contributed by atoms with E-state index >= 15 is 0 Å². The van der Waals surface area contributed by atoms with Gasteiger partial charge in [-0.05, 0) is 37.3 Å². The fraction of sp³-hybridized carbons (Fsp3) is 0.526. The van der Waals surface area contributed by atoms with Crippen molar-refractivity contribution in [2.45, 2.75) is 58.3 Å². The van der Waals surface area contributed by atoms with Crippen molar-refractivity contribution in [2.24, 2.45) is 0 Å². The predicted octanol–water partition coefficient (Wildman–Crippen LogP) is 5.11. The Hall–Kier alpha value is -1.57. The Kier molecular flexibility index (Phi) is 4.74. The van der Waals surface area contributed by atoms with Crippen molar-refractivity contribution < 1.29 is 0 Å². The van der Waals surface area contributed by atoms with Gasteiger partial charge in [0.15, 0.2) is 0 Å². The third kappa shape index (κ3) is 3.37. The van der Waals surface area contributed by atoms with Gasteiger partial charge in [-0.2, -0.15) is 0 Å². The maximum Gasteiger partial charge on any atom is 0.0939 e.